The maximum atomic E-state index is 13.1. The Balaban J connectivity index is 1.70. The number of carbonyl (C=O) groups is 1. The lowest BCUT2D eigenvalue weighted by Crippen LogP contribution is -2.41. The van der Waals surface area contributed by atoms with Crippen LogP contribution >= 0.6 is 11.8 Å². The maximum Gasteiger partial charge on any atom is 0.262 e. The van der Waals surface area contributed by atoms with Gasteiger partial charge in [0.15, 0.2) is 5.16 Å². The standard InChI is InChI=1S/C23H31N5O2S/c1-15(2)9-14-27-21(30)18-7-5-6-8-19(18)28-22(27)24-25-23(28)31-17(4)20(29)26-12-10-16(3)11-13-26/h5-8,15-17H,9-14H2,1-4H3. The number of nitrogens with zero attached hydrogens (tertiary/aromatic N) is 5. The normalized spacial score (nSPS) is 16.5. The molecule has 0 N–H and O–H groups in total. The summed E-state index contributed by atoms with van der Waals surface area (Å²) >= 11 is 1.42. The van der Waals surface area contributed by atoms with Crippen molar-refractivity contribution in [1.29, 1.82) is 0 Å². The minimum atomic E-state index is -0.268. The third-order valence-electron chi connectivity index (χ3n) is 6.13. The van der Waals surface area contributed by atoms with Crippen LogP contribution in [0, 0.1) is 11.8 Å². The van der Waals surface area contributed by atoms with Gasteiger partial charge in [0.2, 0.25) is 11.7 Å². The SMILES string of the molecule is CC(C)CCn1c(=O)c2ccccc2n2c(SC(C)C(=O)N3CCC(C)CC3)nnc12. The number of carbonyl (C=O) groups excluding carboxylic acids is 1. The lowest BCUT2D eigenvalue weighted by molar-refractivity contribution is -0.131. The Morgan fingerprint density at radius 2 is 1.87 bits per heavy atom. The van der Waals surface area contributed by atoms with Gasteiger partial charge in [-0.05, 0) is 50.2 Å². The van der Waals surface area contributed by atoms with Crippen LogP contribution in [-0.2, 0) is 11.3 Å². The van der Waals surface area contributed by atoms with Gasteiger partial charge in [0.05, 0.1) is 16.2 Å². The van der Waals surface area contributed by atoms with E-state index in [1.165, 1.54) is 11.8 Å². The quantitative estimate of drug-likeness (QED) is 0.544. The van der Waals surface area contributed by atoms with Gasteiger partial charge in [0, 0.05) is 19.6 Å². The van der Waals surface area contributed by atoms with Crippen LogP contribution in [0.4, 0.5) is 0 Å². The maximum absolute atomic E-state index is 13.1. The zero-order chi connectivity index (χ0) is 22.1. The third-order valence-corrected chi connectivity index (χ3v) is 7.16. The highest BCUT2D eigenvalue weighted by Gasteiger charge is 2.27. The first-order valence-corrected chi connectivity index (χ1v) is 12.1. The van der Waals surface area contributed by atoms with Crippen molar-refractivity contribution in [2.24, 2.45) is 11.8 Å². The number of amides is 1. The van der Waals surface area contributed by atoms with E-state index < -0.39 is 0 Å². The van der Waals surface area contributed by atoms with Gasteiger partial charge in [-0.3, -0.25) is 18.6 Å². The second-order valence-electron chi connectivity index (χ2n) is 9.04. The van der Waals surface area contributed by atoms with Crippen LogP contribution in [0.3, 0.4) is 0 Å². The van der Waals surface area contributed by atoms with E-state index >= 15 is 0 Å². The highest BCUT2D eigenvalue weighted by Crippen LogP contribution is 2.27. The molecule has 2 aromatic heterocycles. The molecule has 3 heterocycles. The zero-order valence-corrected chi connectivity index (χ0v) is 19.6. The summed E-state index contributed by atoms with van der Waals surface area (Å²) in [4.78, 5) is 28.1. The molecule has 3 aromatic rings. The molecule has 8 heteroatoms. The summed E-state index contributed by atoms with van der Waals surface area (Å²) in [5.74, 6) is 1.84. The second-order valence-corrected chi connectivity index (χ2v) is 10.4. The fourth-order valence-electron chi connectivity index (χ4n) is 4.09. The molecule has 0 saturated carbocycles. The van der Waals surface area contributed by atoms with Crippen molar-refractivity contribution in [1.82, 2.24) is 24.1 Å². The second kappa shape index (κ2) is 9.02. The summed E-state index contributed by atoms with van der Waals surface area (Å²) in [7, 11) is 0. The molecule has 31 heavy (non-hydrogen) atoms. The highest BCUT2D eigenvalue weighted by atomic mass is 32.2. The number of hydrogen-bond acceptors (Lipinski definition) is 5. The smallest absolute Gasteiger partial charge is 0.262 e. The summed E-state index contributed by atoms with van der Waals surface area (Å²) < 4.78 is 3.65. The number of benzene rings is 1. The molecule has 0 radical (unpaired) electrons. The summed E-state index contributed by atoms with van der Waals surface area (Å²) in [5.41, 5.74) is 0.738. The van der Waals surface area contributed by atoms with Crippen molar-refractivity contribution >= 4 is 34.3 Å². The minimum Gasteiger partial charge on any atom is -0.342 e. The van der Waals surface area contributed by atoms with Crippen molar-refractivity contribution in [3.63, 3.8) is 0 Å². The van der Waals surface area contributed by atoms with Gasteiger partial charge >= 0.3 is 0 Å². The monoisotopic (exact) mass is 441 g/mol. The lowest BCUT2D eigenvalue weighted by Gasteiger charge is -2.31. The first-order valence-electron chi connectivity index (χ1n) is 11.2. The van der Waals surface area contributed by atoms with Gasteiger partial charge in [0.25, 0.3) is 5.56 Å². The molecular weight excluding hydrogens is 410 g/mol. The highest BCUT2D eigenvalue weighted by molar-refractivity contribution is 8.00. The summed E-state index contributed by atoms with van der Waals surface area (Å²) in [5, 5.41) is 9.80. The fourth-order valence-corrected chi connectivity index (χ4v) is 5.03. The predicted octanol–water partition coefficient (Wildman–Crippen LogP) is 3.83. The fraction of sp³-hybridized carbons (Fsp3) is 0.565. The molecule has 1 amide bonds. The molecule has 7 nitrogen and oxygen atoms in total. The Bertz CT molecular complexity index is 1140. The van der Waals surface area contributed by atoms with Crippen LogP contribution in [0.2, 0.25) is 0 Å². The van der Waals surface area contributed by atoms with Crippen LogP contribution in [0.25, 0.3) is 16.7 Å². The number of rotatable bonds is 6. The lowest BCUT2D eigenvalue weighted by atomic mass is 9.99. The van der Waals surface area contributed by atoms with Crippen LogP contribution in [-0.4, -0.2) is 48.3 Å². The Hall–Kier alpha value is -2.35. The average molecular weight is 442 g/mol. The number of hydrogen-bond donors (Lipinski definition) is 0. The molecule has 1 saturated heterocycles. The molecular formula is C23H31N5O2S. The van der Waals surface area contributed by atoms with Crippen molar-refractivity contribution in [2.45, 2.75) is 63.9 Å². The third kappa shape index (κ3) is 4.35. The van der Waals surface area contributed by atoms with Crippen molar-refractivity contribution in [2.75, 3.05) is 13.1 Å². The van der Waals surface area contributed by atoms with Crippen molar-refractivity contribution in [3.05, 3.63) is 34.6 Å². The van der Waals surface area contributed by atoms with Crippen molar-refractivity contribution < 1.29 is 4.79 Å². The number of aryl methyl sites for hydroxylation is 1. The molecule has 1 aliphatic rings. The summed E-state index contributed by atoms with van der Waals surface area (Å²) in [6.07, 6.45) is 3.00. The Labute approximate surface area is 186 Å². The first kappa shape index (κ1) is 21.9. The molecule has 4 rings (SSSR count). The van der Waals surface area contributed by atoms with Gasteiger partial charge in [-0.15, -0.1) is 10.2 Å². The minimum absolute atomic E-state index is 0.0424. The number of fused-ring (bicyclic) bond motifs is 3. The number of thioether (sulfide) groups is 1. The molecule has 0 aliphatic carbocycles. The van der Waals surface area contributed by atoms with E-state index in [1.54, 1.807) is 4.57 Å². The van der Waals surface area contributed by atoms with Gasteiger partial charge in [-0.25, -0.2) is 0 Å². The van der Waals surface area contributed by atoms with E-state index in [9.17, 15) is 9.59 Å². The Morgan fingerprint density at radius 1 is 1.16 bits per heavy atom. The number of para-hydroxylation sites is 1. The van der Waals surface area contributed by atoms with Crippen LogP contribution in [0.5, 0.6) is 0 Å². The van der Waals surface area contributed by atoms with Crippen molar-refractivity contribution in [3.8, 4) is 0 Å². The molecule has 0 spiro atoms. The van der Waals surface area contributed by atoms with E-state index in [4.69, 9.17) is 0 Å². The number of aromatic nitrogens is 4. The molecule has 1 unspecified atom stereocenters. The van der Waals surface area contributed by atoms with Gasteiger partial charge in [0.1, 0.15) is 0 Å². The zero-order valence-electron chi connectivity index (χ0n) is 18.7. The van der Waals surface area contributed by atoms with E-state index in [-0.39, 0.29) is 16.7 Å². The Morgan fingerprint density at radius 3 is 2.58 bits per heavy atom. The van der Waals surface area contributed by atoms with E-state index in [0.29, 0.717) is 34.7 Å². The number of likely N-dealkylation sites (tertiary alicyclic amines) is 1. The Kier molecular flexibility index (Phi) is 6.36. The first-order chi connectivity index (χ1) is 14.9. The van der Waals surface area contributed by atoms with Gasteiger partial charge in [-0.1, -0.05) is 44.7 Å². The van der Waals surface area contributed by atoms with Crippen LogP contribution in [0.15, 0.2) is 34.2 Å². The van der Waals surface area contributed by atoms with Crippen LogP contribution < -0.4 is 5.56 Å². The van der Waals surface area contributed by atoms with E-state index in [2.05, 4.69) is 31.0 Å². The molecule has 1 aromatic carbocycles. The number of piperidine rings is 1. The van der Waals surface area contributed by atoms with E-state index in [0.717, 1.165) is 37.9 Å². The topological polar surface area (TPSA) is 72.5 Å². The molecule has 1 atom stereocenters. The van der Waals surface area contributed by atoms with Crippen LogP contribution in [0.1, 0.15) is 47.0 Å². The molecule has 1 fully saturated rings. The average Bonchev–Trinajstić information content (AvgIpc) is 3.17. The molecule has 166 valence electrons. The summed E-state index contributed by atoms with van der Waals surface area (Å²) in [6, 6.07) is 7.56. The van der Waals surface area contributed by atoms with E-state index in [1.807, 2.05) is 40.5 Å². The molecule has 0 bridgehead atoms. The largest absolute Gasteiger partial charge is 0.342 e. The van der Waals surface area contributed by atoms with Gasteiger partial charge in [-0.2, -0.15) is 0 Å². The van der Waals surface area contributed by atoms with Gasteiger partial charge < -0.3 is 4.90 Å². The predicted molar refractivity (Wildman–Crippen MR) is 125 cm³/mol. The summed E-state index contributed by atoms with van der Waals surface area (Å²) in [6.45, 7) is 10.7. The molecule has 1 aliphatic heterocycles.